The van der Waals surface area contributed by atoms with Crippen molar-refractivity contribution >= 4 is 0 Å². The van der Waals surface area contributed by atoms with Gasteiger partial charge in [0, 0.05) is 38.0 Å². The van der Waals surface area contributed by atoms with Crippen molar-refractivity contribution in [2.45, 2.75) is 52.3 Å². The maximum atomic E-state index is 5.81. The third kappa shape index (κ3) is 3.54. The highest BCUT2D eigenvalue weighted by molar-refractivity contribution is 4.99. The lowest BCUT2D eigenvalue weighted by Gasteiger charge is -2.34. The van der Waals surface area contributed by atoms with Gasteiger partial charge in [-0.15, -0.1) is 0 Å². The van der Waals surface area contributed by atoms with Gasteiger partial charge in [-0.05, 0) is 34.7 Å². The molecule has 0 saturated carbocycles. The van der Waals surface area contributed by atoms with E-state index in [1.54, 1.807) is 0 Å². The number of rotatable bonds is 7. The molecule has 0 fully saturated rings. The molecule has 4 nitrogen and oxygen atoms in total. The number of nitrogens with one attached hydrogen (secondary N) is 1. The molecule has 1 unspecified atom stereocenters. The van der Waals surface area contributed by atoms with Crippen molar-refractivity contribution in [3.63, 3.8) is 0 Å². The second kappa shape index (κ2) is 6.17. The highest BCUT2D eigenvalue weighted by atomic mass is 16.5. The minimum absolute atomic E-state index is 0.186. The zero-order valence-corrected chi connectivity index (χ0v) is 11.7. The molecule has 0 aliphatic heterocycles. The van der Waals surface area contributed by atoms with Gasteiger partial charge in [-0.3, -0.25) is 0 Å². The first-order chi connectivity index (χ1) is 8.05. The summed E-state index contributed by atoms with van der Waals surface area (Å²) in [5, 5.41) is 3.34. The van der Waals surface area contributed by atoms with E-state index in [2.05, 4.69) is 35.6 Å². The Bertz CT molecular complexity index is 333. The summed E-state index contributed by atoms with van der Waals surface area (Å²) in [7, 11) is 1.98. The van der Waals surface area contributed by atoms with Crippen molar-refractivity contribution in [3.05, 3.63) is 18.2 Å². The fourth-order valence-electron chi connectivity index (χ4n) is 2.17. The lowest BCUT2D eigenvalue weighted by Crippen LogP contribution is -2.49. The first-order valence-electron chi connectivity index (χ1n) is 6.36. The number of aryl methyl sites for hydroxylation is 1. The topological polar surface area (TPSA) is 39.1 Å². The van der Waals surface area contributed by atoms with Gasteiger partial charge in [0.1, 0.15) is 5.82 Å². The molecule has 1 atom stereocenters. The molecule has 0 aliphatic rings. The van der Waals surface area contributed by atoms with Crippen LogP contribution in [0.4, 0.5) is 0 Å². The molecular formula is C13H25N3O. The predicted molar refractivity (Wildman–Crippen MR) is 70.2 cm³/mol. The number of aromatic nitrogens is 2. The van der Waals surface area contributed by atoms with Crippen LogP contribution in [0.25, 0.3) is 0 Å². The number of nitrogens with zero attached hydrogens (tertiary/aromatic N) is 2. The summed E-state index contributed by atoms with van der Waals surface area (Å²) in [6, 6.07) is 0.259. The first-order valence-corrected chi connectivity index (χ1v) is 6.36. The molecule has 0 bridgehead atoms. The Morgan fingerprint density at radius 3 is 2.71 bits per heavy atom. The van der Waals surface area contributed by atoms with Gasteiger partial charge in [0.2, 0.25) is 0 Å². The maximum absolute atomic E-state index is 5.81. The predicted octanol–water partition coefficient (Wildman–Crippen LogP) is 1.85. The average Bonchev–Trinajstić information content (AvgIpc) is 2.72. The number of hydrogen-bond acceptors (Lipinski definition) is 3. The van der Waals surface area contributed by atoms with E-state index in [1.807, 2.05) is 26.4 Å². The van der Waals surface area contributed by atoms with Crippen LogP contribution in [0.2, 0.25) is 0 Å². The third-order valence-electron chi connectivity index (χ3n) is 3.23. The Morgan fingerprint density at radius 2 is 2.18 bits per heavy atom. The Morgan fingerprint density at radius 1 is 1.47 bits per heavy atom. The molecule has 1 rings (SSSR count). The van der Waals surface area contributed by atoms with Crippen molar-refractivity contribution in [2.75, 3.05) is 13.7 Å². The lowest BCUT2D eigenvalue weighted by molar-refractivity contribution is -0.0369. The lowest BCUT2D eigenvalue weighted by atomic mass is 9.95. The highest BCUT2D eigenvalue weighted by Gasteiger charge is 2.29. The molecule has 0 aliphatic carbocycles. The third-order valence-corrected chi connectivity index (χ3v) is 3.23. The second-order valence-electron chi connectivity index (χ2n) is 4.71. The summed E-state index contributed by atoms with van der Waals surface area (Å²) in [4.78, 5) is 4.42. The van der Waals surface area contributed by atoms with Crippen LogP contribution in [0.3, 0.4) is 0 Å². The first kappa shape index (κ1) is 14.2. The summed E-state index contributed by atoms with van der Waals surface area (Å²) < 4.78 is 7.98. The molecule has 1 heterocycles. The normalized spacial score (nSPS) is 13.9. The quantitative estimate of drug-likeness (QED) is 0.789. The fourth-order valence-corrected chi connectivity index (χ4v) is 2.17. The van der Waals surface area contributed by atoms with Gasteiger partial charge in [0.15, 0.2) is 0 Å². The number of ether oxygens (including phenoxy) is 1. The van der Waals surface area contributed by atoms with E-state index < -0.39 is 0 Å². The SMILES string of the molecule is CCOC(C)(C)C(Cc1nccn1CC)NC. The highest BCUT2D eigenvalue weighted by Crippen LogP contribution is 2.18. The molecule has 0 radical (unpaired) electrons. The van der Waals surface area contributed by atoms with Crippen molar-refractivity contribution in [1.29, 1.82) is 0 Å². The Hall–Kier alpha value is -0.870. The van der Waals surface area contributed by atoms with E-state index in [1.165, 1.54) is 0 Å². The van der Waals surface area contributed by atoms with Gasteiger partial charge >= 0.3 is 0 Å². The monoisotopic (exact) mass is 239 g/mol. The minimum atomic E-state index is -0.186. The van der Waals surface area contributed by atoms with Crippen molar-refractivity contribution in [1.82, 2.24) is 14.9 Å². The molecule has 17 heavy (non-hydrogen) atoms. The standard InChI is InChI=1S/C13H25N3O/c1-6-16-9-8-15-12(16)10-11(14-5)13(3,4)17-7-2/h8-9,11,14H,6-7,10H2,1-5H3. The van der Waals surface area contributed by atoms with Gasteiger partial charge in [-0.1, -0.05) is 0 Å². The van der Waals surface area contributed by atoms with Gasteiger partial charge in [0.25, 0.3) is 0 Å². The van der Waals surface area contributed by atoms with E-state index >= 15 is 0 Å². The van der Waals surface area contributed by atoms with Crippen LogP contribution >= 0.6 is 0 Å². The summed E-state index contributed by atoms with van der Waals surface area (Å²) in [5.74, 6) is 1.11. The van der Waals surface area contributed by atoms with E-state index in [9.17, 15) is 0 Å². The summed E-state index contributed by atoms with van der Waals surface area (Å²) >= 11 is 0. The van der Waals surface area contributed by atoms with Crippen LogP contribution in [0.15, 0.2) is 12.4 Å². The van der Waals surface area contributed by atoms with E-state index in [-0.39, 0.29) is 11.6 Å². The van der Waals surface area contributed by atoms with Crippen LogP contribution in [0, 0.1) is 0 Å². The molecule has 0 spiro atoms. The molecule has 1 aromatic rings. The Balaban J connectivity index is 2.76. The molecule has 0 amide bonds. The molecule has 1 N–H and O–H groups in total. The Labute approximate surface area is 104 Å². The number of likely N-dealkylation sites (N-methyl/N-ethyl adjacent to an activating group) is 1. The number of imidazole rings is 1. The Kier molecular flexibility index (Phi) is 5.15. The van der Waals surface area contributed by atoms with Gasteiger partial charge in [0.05, 0.1) is 5.60 Å². The zero-order valence-electron chi connectivity index (χ0n) is 11.7. The fraction of sp³-hybridized carbons (Fsp3) is 0.769. The van der Waals surface area contributed by atoms with Gasteiger partial charge in [-0.2, -0.15) is 0 Å². The van der Waals surface area contributed by atoms with Crippen molar-refractivity contribution < 1.29 is 4.74 Å². The molecule has 4 heteroatoms. The summed E-state index contributed by atoms with van der Waals surface area (Å²) in [5.41, 5.74) is -0.186. The minimum Gasteiger partial charge on any atom is -0.374 e. The molecule has 1 aromatic heterocycles. The molecule has 0 aromatic carbocycles. The summed E-state index contributed by atoms with van der Waals surface area (Å²) in [6.07, 6.45) is 4.76. The average molecular weight is 239 g/mol. The molecule has 0 saturated heterocycles. The van der Waals surface area contributed by atoms with E-state index in [0.717, 1.165) is 25.4 Å². The van der Waals surface area contributed by atoms with E-state index in [0.29, 0.717) is 0 Å². The van der Waals surface area contributed by atoms with Crippen LogP contribution in [0.5, 0.6) is 0 Å². The summed E-state index contributed by atoms with van der Waals surface area (Å²) in [6.45, 7) is 10.1. The van der Waals surface area contributed by atoms with Crippen LogP contribution in [0.1, 0.15) is 33.5 Å². The molecule has 98 valence electrons. The largest absolute Gasteiger partial charge is 0.374 e. The van der Waals surface area contributed by atoms with Crippen LogP contribution in [-0.4, -0.2) is 34.8 Å². The smallest absolute Gasteiger partial charge is 0.110 e. The van der Waals surface area contributed by atoms with Crippen molar-refractivity contribution in [2.24, 2.45) is 0 Å². The number of hydrogen-bond donors (Lipinski definition) is 1. The second-order valence-corrected chi connectivity index (χ2v) is 4.71. The van der Waals surface area contributed by atoms with Gasteiger partial charge in [-0.25, -0.2) is 4.98 Å². The van der Waals surface area contributed by atoms with Crippen LogP contribution in [-0.2, 0) is 17.7 Å². The maximum Gasteiger partial charge on any atom is 0.110 e. The van der Waals surface area contributed by atoms with Crippen LogP contribution < -0.4 is 5.32 Å². The van der Waals surface area contributed by atoms with Gasteiger partial charge < -0.3 is 14.6 Å². The zero-order chi connectivity index (χ0) is 12.9. The van der Waals surface area contributed by atoms with E-state index in [4.69, 9.17) is 4.74 Å². The molecular weight excluding hydrogens is 214 g/mol. The van der Waals surface area contributed by atoms with Crippen molar-refractivity contribution in [3.8, 4) is 0 Å².